The molecule has 126 valence electrons. The van der Waals surface area contributed by atoms with Crippen LogP contribution in [0.15, 0.2) is 48.5 Å². The van der Waals surface area contributed by atoms with E-state index in [1.54, 1.807) is 24.3 Å². The highest BCUT2D eigenvalue weighted by Gasteiger charge is 2.21. The smallest absolute Gasteiger partial charge is 0.251 e. The number of benzene rings is 2. The van der Waals surface area contributed by atoms with Crippen LogP contribution in [-0.2, 0) is 0 Å². The Labute approximate surface area is 141 Å². The van der Waals surface area contributed by atoms with E-state index in [4.69, 9.17) is 14.2 Å². The first kappa shape index (κ1) is 16.2. The molecule has 0 bridgehead atoms. The number of hydrogen-bond donors (Lipinski definition) is 1. The summed E-state index contributed by atoms with van der Waals surface area (Å²) in [6, 6.07) is 14.7. The van der Waals surface area contributed by atoms with Gasteiger partial charge in [0.15, 0.2) is 11.5 Å². The van der Waals surface area contributed by atoms with E-state index in [0.717, 1.165) is 17.9 Å². The van der Waals surface area contributed by atoms with Crippen LogP contribution >= 0.6 is 0 Å². The van der Waals surface area contributed by atoms with E-state index in [0.29, 0.717) is 31.1 Å². The molecule has 0 aliphatic carbocycles. The number of rotatable bonds is 6. The summed E-state index contributed by atoms with van der Waals surface area (Å²) in [6.45, 7) is 3.53. The number of para-hydroxylation sites is 2. The van der Waals surface area contributed by atoms with Crippen molar-refractivity contribution in [1.29, 1.82) is 0 Å². The molecule has 1 N–H and O–H groups in total. The highest BCUT2D eigenvalue weighted by Crippen LogP contribution is 2.30. The van der Waals surface area contributed by atoms with E-state index >= 15 is 0 Å². The molecule has 5 nitrogen and oxygen atoms in total. The fraction of sp³-hybridized carbons (Fsp3) is 0.316. The van der Waals surface area contributed by atoms with Gasteiger partial charge in [0, 0.05) is 5.56 Å². The Bertz CT molecular complexity index is 684. The molecule has 0 saturated carbocycles. The van der Waals surface area contributed by atoms with Gasteiger partial charge in [0.2, 0.25) is 0 Å². The molecule has 3 rings (SSSR count). The van der Waals surface area contributed by atoms with Gasteiger partial charge in [-0.15, -0.1) is 0 Å². The number of amides is 1. The van der Waals surface area contributed by atoms with Crippen molar-refractivity contribution in [2.45, 2.75) is 19.4 Å². The summed E-state index contributed by atoms with van der Waals surface area (Å²) in [6.07, 6.45) is 0.755. The topological polar surface area (TPSA) is 56.8 Å². The van der Waals surface area contributed by atoms with Crippen LogP contribution in [0.2, 0.25) is 0 Å². The van der Waals surface area contributed by atoms with Crippen LogP contribution in [0.5, 0.6) is 17.2 Å². The molecular weight excluding hydrogens is 306 g/mol. The first-order valence-corrected chi connectivity index (χ1v) is 8.16. The molecule has 1 amide bonds. The molecule has 1 aliphatic heterocycles. The molecule has 0 fully saturated rings. The maximum atomic E-state index is 12.2. The number of nitrogens with one attached hydrogen (secondary N) is 1. The maximum absolute atomic E-state index is 12.2. The normalized spacial score (nSPS) is 15.6. The average Bonchev–Trinajstić information content (AvgIpc) is 2.64. The second kappa shape index (κ2) is 7.73. The average molecular weight is 327 g/mol. The lowest BCUT2D eigenvalue weighted by Crippen LogP contribution is -2.40. The minimum atomic E-state index is -0.198. The second-order valence-corrected chi connectivity index (χ2v) is 5.58. The van der Waals surface area contributed by atoms with Gasteiger partial charge >= 0.3 is 0 Å². The summed E-state index contributed by atoms with van der Waals surface area (Å²) < 4.78 is 17.0. The van der Waals surface area contributed by atoms with Crippen LogP contribution in [0.4, 0.5) is 0 Å². The molecule has 0 radical (unpaired) electrons. The van der Waals surface area contributed by atoms with Gasteiger partial charge in [0.05, 0.1) is 13.2 Å². The van der Waals surface area contributed by atoms with Gasteiger partial charge in [-0.3, -0.25) is 4.79 Å². The van der Waals surface area contributed by atoms with E-state index < -0.39 is 0 Å². The lowest BCUT2D eigenvalue weighted by molar-refractivity contribution is 0.0789. The maximum Gasteiger partial charge on any atom is 0.251 e. The van der Waals surface area contributed by atoms with Gasteiger partial charge in [-0.2, -0.15) is 0 Å². The molecule has 0 aromatic heterocycles. The van der Waals surface area contributed by atoms with Crippen molar-refractivity contribution in [3.63, 3.8) is 0 Å². The molecule has 1 aliphatic rings. The summed E-state index contributed by atoms with van der Waals surface area (Å²) in [5.74, 6) is 2.08. The monoisotopic (exact) mass is 327 g/mol. The van der Waals surface area contributed by atoms with E-state index in [9.17, 15) is 4.79 Å². The SMILES string of the molecule is CCCOc1ccc(C(=O)NC[C@H]2COc3ccccc3O2)cc1. The largest absolute Gasteiger partial charge is 0.494 e. The molecule has 0 saturated heterocycles. The Morgan fingerprint density at radius 1 is 1.17 bits per heavy atom. The number of hydrogen-bond acceptors (Lipinski definition) is 4. The molecule has 1 heterocycles. The Kier molecular flexibility index (Phi) is 5.21. The molecule has 0 spiro atoms. The highest BCUT2D eigenvalue weighted by molar-refractivity contribution is 5.94. The zero-order valence-corrected chi connectivity index (χ0v) is 13.7. The first-order valence-electron chi connectivity index (χ1n) is 8.16. The van der Waals surface area contributed by atoms with Crippen molar-refractivity contribution in [1.82, 2.24) is 5.32 Å². The molecule has 24 heavy (non-hydrogen) atoms. The Morgan fingerprint density at radius 2 is 1.92 bits per heavy atom. The zero-order valence-electron chi connectivity index (χ0n) is 13.7. The fourth-order valence-corrected chi connectivity index (χ4v) is 2.39. The van der Waals surface area contributed by atoms with Gasteiger partial charge < -0.3 is 19.5 Å². The highest BCUT2D eigenvalue weighted by atomic mass is 16.6. The number of carbonyl (C=O) groups is 1. The molecule has 2 aromatic rings. The second-order valence-electron chi connectivity index (χ2n) is 5.58. The van der Waals surface area contributed by atoms with Crippen molar-refractivity contribution in [3.8, 4) is 17.2 Å². The molecule has 5 heteroatoms. The summed E-state index contributed by atoms with van der Waals surface area (Å²) in [4.78, 5) is 12.2. The van der Waals surface area contributed by atoms with Gasteiger partial charge in [0.1, 0.15) is 18.5 Å². The summed E-state index contributed by atoms with van der Waals surface area (Å²) in [5, 5.41) is 2.88. The van der Waals surface area contributed by atoms with Crippen molar-refractivity contribution < 1.29 is 19.0 Å². The van der Waals surface area contributed by atoms with Crippen LogP contribution < -0.4 is 19.5 Å². The van der Waals surface area contributed by atoms with Crippen molar-refractivity contribution in [3.05, 3.63) is 54.1 Å². The standard InChI is InChI=1S/C19H21NO4/c1-2-11-22-15-9-7-14(8-10-15)19(21)20-12-16-13-23-17-5-3-4-6-18(17)24-16/h3-10,16H,2,11-13H2,1H3,(H,20,21)/t16-/m0/s1. The van der Waals surface area contributed by atoms with Gasteiger partial charge in [-0.25, -0.2) is 0 Å². The Balaban J connectivity index is 1.51. The summed E-state index contributed by atoms with van der Waals surface area (Å²) in [5.41, 5.74) is 0.593. The fourth-order valence-electron chi connectivity index (χ4n) is 2.39. The van der Waals surface area contributed by atoms with Crippen LogP contribution in [0.3, 0.4) is 0 Å². The predicted molar refractivity (Wildman–Crippen MR) is 90.9 cm³/mol. The third-order valence-electron chi connectivity index (χ3n) is 3.65. The van der Waals surface area contributed by atoms with Crippen LogP contribution in [0.25, 0.3) is 0 Å². The summed E-state index contributed by atoms with van der Waals surface area (Å²) >= 11 is 0. The van der Waals surface area contributed by atoms with Crippen LogP contribution in [0, 0.1) is 0 Å². The lowest BCUT2D eigenvalue weighted by atomic mass is 10.2. The van der Waals surface area contributed by atoms with Gasteiger partial charge in [0.25, 0.3) is 5.91 Å². The number of carbonyl (C=O) groups excluding carboxylic acids is 1. The molecular formula is C19H21NO4. The van der Waals surface area contributed by atoms with Gasteiger partial charge in [-0.05, 0) is 42.8 Å². The minimum absolute atomic E-state index is 0.139. The quantitative estimate of drug-likeness (QED) is 0.886. The minimum Gasteiger partial charge on any atom is -0.494 e. The van der Waals surface area contributed by atoms with E-state index in [2.05, 4.69) is 12.2 Å². The first-order chi connectivity index (χ1) is 11.8. The molecule has 1 atom stereocenters. The molecule has 0 unspecified atom stereocenters. The van der Waals surface area contributed by atoms with Crippen LogP contribution in [0.1, 0.15) is 23.7 Å². The van der Waals surface area contributed by atoms with E-state index in [1.165, 1.54) is 0 Å². The van der Waals surface area contributed by atoms with Crippen molar-refractivity contribution in [2.75, 3.05) is 19.8 Å². The van der Waals surface area contributed by atoms with E-state index in [1.807, 2.05) is 24.3 Å². The molecule has 2 aromatic carbocycles. The van der Waals surface area contributed by atoms with E-state index in [-0.39, 0.29) is 12.0 Å². The number of fused-ring (bicyclic) bond motifs is 1. The summed E-state index contributed by atoms with van der Waals surface area (Å²) in [7, 11) is 0. The van der Waals surface area contributed by atoms with Crippen LogP contribution in [-0.4, -0.2) is 31.8 Å². The third-order valence-corrected chi connectivity index (χ3v) is 3.65. The number of ether oxygens (including phenoxy) is 3. The Morgan fingerprint density at radius 3 is 2.67 bits per heavy atom. The lowest BCUT2D eigenvalue weighted by Gasteiger charge is -2.26. The third kappa shape index (κ3) is 3.98. The zero-order chi connectivity index (χ0) is 16.8. The Hall–Kier alpha value is -2.69. The van der Waals surface area contributed by atoms with Crippen molar-refractivity contribution in [2.24, 2.45) is 0 Å². The van der Waals surface area contributed by atoms with Gasteiger partial charge in [-0.1, -0.05) is 19.1 Å². The van der Waals surface area contributed by atoms with Crippen molar-refractivity contribution >= 4 is 5.91 Å². The predicted octanol–water partition coefficient (Wildman–Crippen LogP) is 3.05.